The molecule has 1 aromatic rings. The van der Waals surface area contributed by atoms with E-state index in [-0.39, 0.29) is 11.9 Å². The molecule has 1 unspecified atom stereocenters. The average Bonchev–Trinajstić information content (AvgIpc) is 2.84. The van der Waals surface area contributed by atoms with Crippen LogP contribution in [0.1, 0.15) is 43.5 Å². The fourth-order valence-corrected chi connectivity index (χ4v) is 3.51. The summed E-state index contributed by atoms with van der Waals surface area (Å²) in [5, 5.41) is 6.39. The van der Waals surface area contributed by atoms with Crippen LogP contribution in [0.4, 0.5) is 0 Å². The van der Waals surface area contributed by atoms with E-state index < -0.39 is 0 Å². The highest BCUT2D eigenvalue weighted by molar-refractivity contribution is 7.16. The molecule has 0 radical (unpaired) electrons. The van der Waals surface area contributed by atoms with Gasteiger partial charge >= 0.3 is 0 Å². The Bertz CT molecular complexity index is 415. The minimum atomic E-state index is 0.0537. The Balaban J connectivity index is 1.71. The highest BCUT2D eigenvalue weighted by atomic mass is 35.5. The van der Waals surface area contributed by atoms with Crippen LogP contribution >= 0.6 is 22.9 Å². The fraction of sp³-hybridized carbons (Fsp3) is 0.643. The van der Waals surface area contributed by atoms with Gasteiger partial charge in [-0.05, 0) is 57.3 Å². The standard InChI is InChI=1S/C14H21ClN2OS/c1-10(12-3-4-13(15)19-12)17-14(18)5-2-11-6-8-16-9-7-11/h3-4,10-11,16H,2,5-9H2,1H3,(H,17,18). The molecule has 1 aromatic heterocycles. The van der Waals surface area contributed by atoms with Crippen molar-refractivity contribution >= 4 is 28.8 Å². The second kappa shape index (κ2) is 7.27. The Morgan fingerprint density at radius 2 is 2.26 bits per heavy atom. The molecule has 2 rings (SSSR count). The Labute approximate surface area is 123 Å². The molecule has 1 amide bonds. The summed E-state index contributed by atoms with van der Waals surface area (Å²) >= 11 is 7.43. The maximum atomic E-state index is 11.9. The number of carbonyl (C=O) groups excluding carboxylic acids is 1. The summed E-state index contributed by atoms with van der Waals surface area (Å²) in [7, 11) is 0. The van der Waals surface area contributed by atoms with Crippen LogP contribution in [0.15, 0.2) is 12.1 Å². The van der Waals surface area contributed by atoms with Crippen LogP contribution in [0, 0.1) is 5.92 Å². The Morgan fingerprint density at radius 3 is 2.89 bits per heavy atom. The van der Waals surface area contributed by atoms with Gasteiger partial charge in [-0.3, -0.25) is 4.79 Å². The van der Waals surface area contributed by atoms with Crippen LogP contribution in [0.25, 0.3) is 0 Å². The summed E-state index contributed by atoms with van der Waals surface area (Å²) in [5.41, 5.74) is 0. The van der Waals surface area contributed by atoms with Crippen LogP contribution in [0.5, 0.6) is 0 Å². The number of thiophene rings is 1. The normalized spacial score (nSPS) is 18.2. The number of amides is 1. The van der Waals surface area contributed by atoms with E-state index >= 15 is 0 Å². The zero-order chi connectivity index (χ0) is 13.7. The predicted octanol–water partition coefficient (Wildman–Crippen LogP) is 3.36. The minimum absolute atomic E-state index is 0.0537. The molecule has 0 spiro atoms. The third-order valence-corrected chi connectivity index (χ3v) is 5.05. The molecule has 1 aliphatic heterocycles. The smallest absolute Gasteiger partial charge is 0.220 e. The molecule has 19 heavy (non-hydrogen) atoms. The lowest BCUT2D eigenvalue weighted by molar-refractivity contribution is -0.122. The Morgan fingerprint density at radius 1 is 1.53 bits per heavy atom. The van der Waals surface area contributed by atoms with Gasteiger partial charge < -0.3 is 10.6 Å². The predicted molar refractivity (Wildman–Crippen MR) is 80.7 cm³/mol. The number of piperidine rings is 1. The second-order valence-corrected chi connectivity index (χ2v) is 6.91. The number of carbonyl (C=O) groups is 1. The fourth-order valence-electron chi connectivity index (χ4n) is 2.45. The first-order valence-electron chi connectivity index (χ1n) is 6.90. The highest BCUT2D eigenvalue weighted by Crippen LogP contribution is 2.26. The topological polar surface area (TPSA) is 41.1 Å². The van der Waals surface area contributed by atoms with Gasteiger partial charge in [-0.15, -0.1) is 11.3 Å². The maximum absolute atomic E-state index is 11.9. The monoisotopic (exact) mass is 300 g/mol. The summed E-state index contributed by atoms with van der Waals surface area (Å²) in [6.07, 6.45) is 4.03. The molecule has 5 heteroatoms. The van der Waals surface area contributed by atoms with Gasteiger partial charge in [0, 0.05) is 11.3 Å². The van der Waals surface area contributed by atoms with Gasteiger partial charge in [0.1, 0.15) is 0 Å². The number of rotatable bonds is 5. The summed E-state index contributed by atoms with van der Waals surface area (Å²) in [4.78, 5) is 13.0. The molecule has 0 saturated carbocycles. The molecule has 0 aliphatic carbocycles. The lowest BCUT2D eigenvalue weighted by Crippen LogP contribution is -2.30. The molecular formula is C14H21ClN2OS. The third kappa shape index (κ3) is 4.79. The molecule has 0 aromatic carbocycles. The van der Waals surface area contributed by atoms with Crippen LogP contribution in [0.2, 0.25) is 4.34 Å². The zero-order valence-electron chi connectivity index (χ0n) is 11.2. The summed E-state index contributed by atoms with van der Waals surface area (Å²) in [6, 6.07) is 3.90. The van der Waals surface area contributed by atoms with E-state index in [1.807, 2.05) is 19.1 Å². The van der Waals surface area contributed by atoms with E-state index in [4.69, 9.17) is 11.6 Å². The van der Waals surface area contributed by atoms with Crippen molar-refractivity contribution in [1.29, 1.82) is 0 Å². The number of hydrogen-bond acceptors (Lipinski definition) is 3. The van der Waals surface area contributed by atoms with E-state index in [1.54, 1.807) is 0 Å². The SMILES string of the molecule is CC(NC(=O)CCC1CCNCC1)c1ccc(Cl)s1. The Hall–Kier alpha value is -0.580. The van der Waals surface area contributed by atoms with Crippen molar-refractivity contribution in [3.63, 3.8) is 0 Å². The van der Waals surface area contributed by atoms with Gasteiger partial charge in [-0.25, -0.2) is 0 Å². The molecule has 1 atom stereocenters. The van der Waals surface area contributed by atoms with Gasteiger partial charge in [0.25, 0.3) is 0 Å². The molecule has 1 fully saturated rings. The lowest BCUT2D eigenvalue weighted by atomic mass is 9.93. The van der Waals surface area contributed by atoms with Crippen molar-refractivity contribution in [2.24, 2.45) is 5.92 Å². The number of halogens is 1. The number of hydrogen-bond donors (Lipinski definition) is 2. The van der Waals surface area contributed by atoms with Crippen molar-refractivity contribution in [3.05, 3.63) is 21.3 Å². The van der Waals surface area contributed by atoms with E-state index in [0.717, 1.165) is 28.7 Å². The largest absolute Gasteiger partial charge is 0.349 e. The average molecular weight is 301 g/mol. The molecule has 1 aliphatic rings. The molecule has 0 bridgehead atoms. The van der Waals surface area contributed by atoms with Crippen LogP contribution in [-0.4, -0.2) is 19.0 Å². The molecule has 106 valence electrons. The van der Waals surface area contributed by atoms with Gasteiger partial charge in [0.15, 0.2) is 0 Å². The summed E-state index contributed by atoms with van der Waals surface area (Å²) in [5.74, 6) is 0.856. The molecule has 2 heterocycles. The van der Waals surface area contributed by atoms with Gasteiger partial charge in [-0.2, -0.15) is 0 Å². The maximum Gasteiger partial charge on any atom is 0.220 e. The van der Waals surface area contributed by atoms with Crippen molar-refractivity contribution in [2.45, 2.75) is 38.6 Å². The second-order valence-electron chi connectivity index (χ2n) is 5.16. The Kier molecular flexibility index (Phi) is 5.67. The molecule has 1 saturated heterocycles. The van der Waals surface area contributed by atoms with Gasteiger partial charge in [0.2, 0.25) is 5.91 Å². The van der Waals surface area contributed by atoms with E-state index in [1.165, 1.54) is 24.2 Å². The van der Waals surface area contributed by atoms with E-state index in [0.29, 0.717) is 12.3 Å². The quantitative estimate of drug-likeness (QED) is 0.875. The molecular weight excluding hydrogens is 280 g/mol. The zero-order valence-corrected chi connectivity index (χ0v) is 12.8. The third-order valence-electron chi connectivity index (χ3n) is 3.64. The summed E-state index contributed by atoms with van der Waals surface area (Å²) < 4.78 is 0.769. The highest BCUT2D eigenvalue weighted by Gasteiger charge is 2.16. The van der Waals surface area contributed by atoms with Crippen LogP contribution in [0.3, 0.4) is 0 Å². The van der Waals surface area contributed by atoms with Gasteiger partial charge in [0.05, 0.1) is 10.4 Å². The minimum Gasteiger partial charge on any atom is -0.349 e. The summed E-state index contributed by atoms with van der Waals surface area (Å²) in [6.45, 7) is 4.19. The first-order valence-corrected chi connectivity index (χ1v) is 8.10. The van der Waals surface area contributed by atoms with E-state index in [2.05, 4.69) is 10.6 Å². The van der Waals surface area contributed by atoms with Crippen LogP contribution in [-0.2, 0) is 4.79 Å². The van der Waals surface area contributed by atoms with E-state index in [9.17, 15) is 4.79 Å². The first kappa shape index (κ1) is 14.8. The van der Waals surface area contributed by atoms with Crippen molar-refractivity contribution in [3.8, 4) is 0 Å². The van der Waals surface area contributed by atoms with Crippen LogP contribution < -0.4 is 10.6 Å². The molecule has 3 nitrogen and oxygen atoms in total. The lowest BCUT2D eigenvalue weighted by Gasteiger charge is -2.22. The van der Waals surface area contributed by atoms with Crippen molar-refractivity contribution in [1.82, 2.24) is 10.6 Å². The number of nitrogens with one attached hydrogen (secondary N) is 2. The van der Waals surface area contributed by atoms with Gasteiger partial charge in [-0.1, -0.05) is 11.6 Å². The van der Waals surface area contributed by atoms with Crippen molar-refractivity contribution in [2.75, 3.05) is 13.1 Å². The first-order chi connectivity index (χ1) is 9.15. The van der Waals surface area contributed by atoms with Crippen molar-refractivity contribution < 1.29 is 4.79 Å². The molecule has 2 N–H and O–H groups in total.